The molecule has 0 unspecified atom stereocenters. The average molecular weight is 168 g/mol. The number of carbonyl (C=O) groups is 1. The highest BCUT2D eigenvalue weighted by Gasteiger charge is 2.08. The summed E-state index contributed by atoms with van der Waals surface area (Å²) in [5, 5.41) is 8.58. The van der Waals surface area contributed by atoms with E-state index in [1.165, 1.54) is 0 Å². The molecule has 1 N–H and O–H groups in total. The third-order valence-electron chi connectivity index (χ3n) is 1.92. The van der Waals surface area contributed by atoms with Crippen molar-refractivity contribution in [2.45, 2.75) is 26.3 Å². The fourth-order valence-corrected chi connectivity index (χ4v) is 0.899. The molecule has 1 atom stereocenters. The lowest BCUT2D eigenvalue weighted by Crippen LogP contribution is -2.01. The third-order valence-corrected chi connectivity index (χ3v) is 1.92. The first-order chi connectivity index (χ1) is 5.65. The lowest BCUT2D eigenvalue weighted by atomic mass is 10.2. The van der Waals surface area contributed by atoms with E-state index < -0.39 is 5.97 Å². The van der Waals surface area contributed by atoms with Crippen LogP contribution in [0.15, 0.2) is 12.5 Å². The predicted octanol–water partition coefficient (Wildman–Crippen LogP) is 1.55. The van der Waals surface area contributed by atoms with Crippen LogP contribution in [0.4, 0.5) is 0 Å². The number of aromatic nitrogens is 2. The van der Waals surface area contributed by atoms with Gasteiger partial charge in [0, 0.05) is 12.2 Å². The second-order valence-electron chi connectivity index (χ2n) is 2.77. The van der Waals surface area contributed by atoms with Crippen LogP contribution in [0.5, 0.6) is 0 Å². The molecule has 4 nitrogen and oxygen atoms in total. The van der Waals surface area contributed by atoms with Gasteiger partial charge < -0.3 is 9.67 Å². The van der Waals surface area contributed by atoms with E-state index >= 15 is 0 Å². The maximum absolute atomic E-state index is 10.4. The Bertz CT molecular complexity index is 280. The molecule has 0 radical (unpaired) electrons. The quantitative estimate of drug-likeness (QED) is 0.745. The zero-order valence-corrected chi connectivity index (χ0v) is 7.19. The van der Waals surface area contributed by atoms with Crippen LogP contribution in [0.3, 0.4) is 0 Å². The van der Waals surface area contributed by atoms with Crippen molar-refractivity contribution in [2.24, 2.45) is 0 Å². The van der Waals surface area contributed by atoms with E-state index in [9.17, 15) is 4.79 Å². The van der Waals surface area contributed by atoms with Crippen LogP contribution in [0.1, 0.15) is 36.8 Å². The Kier molecular flexibility index (Phi) is 2.47. The minimum absolute atomic E-state index is 0.107. The molecular weight excluding hydrogens is 156 g/mol. The van der Waals surface area contributed by atoms with Gasteiger partial charge >= 0.3 is 5.97 Å². The van der Waals surface area contributed by atoms with Crippen LogP contribution in [0.2, 0.25) is 0 Å². The van der Waals surface area contributed by atoms with Crippen molar-refractivity contribution in [3.05, 3.63) is 18.2 Å². The molecule has 0 saturated heterocycles. The summed E-state index contributed by atoms with van der Waals surface area (Å²) in [4.78, 5) is 14.2. The first-order valence-electron chi connectivity index (χ1n) is 3.92. The van der Waals surface area contributed by atoms with Crippen LogP contribution in [0, 0.1) is 0 Å². The van der Waals surface area contributed by atoms with Gasteiger partial charge in [-0.2, -0.15) is 0 Å². The Labute approximate surface area is 70.9 Å². The van der Waals surface area contributed by atoms with Gasteiger partial charge in [-0.25, -0.2) is 9.78 Å². The smallest absolute Gasteiger partial charge is 0.356 e. The first kappa shape index (κ1) is 8.77. The summed E-state index contributed by atoms with van der Waals surface area (Å²) in [7, 11) is 0. The molecule has 66 valence electrons. The van der Waals surface area contributed by atoms with Crippen molar-refractivity contribution in [3.8, 4) is 0 Å². The van der Waals surface area contributed by atoms with Gasteiger partial charge in [0.05, 0.1) is 6.33 Å². The van der Waals surface area contributed by atoms with Crippen molar-refractivity contribution in [1.29, 1.82) is 0 Å². The number of rotatable bonds is 3. The van der Waals surface area contributed by atoms with Gasteiger partial charge in [0.15, 0.2) is 5.69 Å². The molecule has 0 aliphatic rings. The van der Waals surface area contributed by atoms with Gasteiger partial charge in [-0.1, -0.05) is 6.92 Å². The SMILES string of the molecule is CC[C@@H](C)n1cnc(C(=O)O)c1. The Morgan fingerprint density at radius 1 is 1.83 bits per heavy atom. The second-order valence-corrected chi connectivity index (χ2v) is 2.77. The molecule has 12 heavy (non-hydrogen) atoms. The van der Waals surface area contributed by atoms with Gasteiger partial charge in [0.2, 0.25) is 0 Å². The normalized spacial score (nSPS) is 12.8. The van der Waals surface area contributed by atoms with Gasteiger partial charge in [-0.05, 0) is 13.3 Å². The molecule has 0 fully saturated rings. The van der Waals surface area contributed by atoms with Gasteiger partial charge in [0.25, 0.3) is 0 Å². The summed E-state index contributed by atoms with van der Waals surface area (Å²) in [5.41, 5.74) is 0.107. The number of carboxylic acid groups (broad SMARTS) is 1. The molecule has 1 heterocycles. The number of hydrogen-bond acceptors (Lipinski definition) is 2. The van der Waals surface area contributed by atoms with E-state index in [4.69, 9.17) is 5.11 Å². The minimum atomic E-state index is -0.975. The number of nitrogens with zero attached hydrogens (tertiary/aromatic N) is 2. The molecular formula is C8H12N2O2. The molecule has 0 bridgehead atoms. The second kappa shape index (κ2) is 3.38. The molecule has 1 aromatic rings. The van der Waals surface area contributed by atoms with E-state index in [-0.39, 0.29) is 5.69 Å². The van der Waals surface area contributed by atoms with Crippen molar-refractivity contribution in [2.75, 3.05) is 0 Å². The summed E-state index contributed by atoms with van der Waals surface area (Å²) < 4.78 is 1.81. The fraction of sp³-hybridized carbons (Fsp3) is 0.500. The molecule has 4 heteroatoms. The molecule has 0 spiro atoms. The van der Waals surface area contributed by atoms with E-state index in [1.807, 2.05) is 18.4 Å². The summed E-state index contributed by atoms with van der Waals surface area (Å²) in [6, 6.07) is 0.311. The minimum Gasteiger partial charge on any atom is -0.476 e. The summed E-state index contributed by atoms with van der Waals surface area (Å²) in [6.07, 6.45) is 4.07. The highest BCUT2D eigenvalue weighted by atomic mass is 16.4. The Hall–Kier alpha value is -1.32. The zero-order valence-electron chi connectivity index (χ0n) is 7.19. The van der Waals surface area contributed by atoms with E-state index in [0.717, 1.165) is 6.42 Å². The van der Waals surface area contributed by atoms with Crippen molar-refractivity contribution >= 4 is 5.97 Å². The fourth-order valence-electron chi connectivity index (χ4n) is 0.899. The van der Waals surface area contributed by atoms with E-state index in [0.29, 0.717) is 6.04 Å². The molecule has 0 aliphatic heterocycles. The van der Waals surface area contributed by atoms with Crippen molar-refractivity contribution < 1.29 is 9.90 Å². The average Bonchev–Trinajstić information content (AvgIpc) is 2.51. The molecule has 0 aliphatic carbocycles. The highest BCUT2D eigenvalue weighted by Crippen LogP contribution is 2.09. The molecule has 0 aromatic carbocycles. The molecule has 0 saturated carbocycles. The third kappa shape index (κ3) is 1.64. The van der Waals surface area contributed by atoms with Gasteiger partial charge in [-0.15, -0.1) is 0 Å². The number of aromatic carboxylic acids is 1. The number of hydrogen-bond donors (Lipinski definition) is 1. The first-order valence-corrected chi connectivity index (χ1v) is 3.92. The van der Waals surface area contributed by atoms with Gasteiger partial charge in [0.1, 0.15) is 0 Å². The summed E-state index contributed by atoms with van der Waals surface area (Å²) in [6.45, 7) is 4.07. The van der Waals surface area contributed by atoms with Crippen LogP contribution < -0.4 is 0 Å². The van der Waals surface area contributed by atoms with Gasteiger partial charge in [-0.3, -0.25) is 0 Å². The van der Waals surface area contributed by atoms with Crippen LogP contribution in [-0.2, 0) is 0 Å². The largest absolute Gasteiger partial charge is 0.476 e. The lowest BCUT2D eigenvalue weighted by molar-refractivity contribution is 0.0691. The van der Waals surface area contributed by atoms with Crippen molar-refractivity contribution in [3.63, 3.8) is 0 Å². The molecule has 0 amide bonds. The number of imidazole rings is 1. The lowest BCUT2D eigenvalue weighted by Gasteiger charge is -2.08. The highest BCUT2D eigenvalue weighted by molar-refractivity contribution is 5.84. The predicted molar refractivity (Wildman–Crippen MR) is 44.2 cm³/mol. The zero-order chi connectivity index (χ0) is 9.14. The maximum Gasteiger partial charge on any atom is 0.356 e. The van der Waals surface area contributed by atoms with E-state index in [2.05, 4.69) is 4.98 Å². The van der Waals surface area contributed by atoms with Crippen LogP contribution in [-0.4, -0.2) is 20.6 Å². The van der Waals surface area contributed by atoms with Crippen LogP contribution in [0.25, 0.3) is 0 Å². The standard InChI is InChI=1S/C8H12N2O2/c1-3-6(2)10-4-7(8(11)12)9-5-10/h4-6H,3H2,1-2H3,(H,11,12)/t6-/m1/s1. The Balaban J connectivity index is 2.84. The Morgan fingerprint density at radius 3 is 2.92 bits per heavy atom. The van der Waals surface area contributed by atoms with E-state index in [1.54, 1.807) is 12.5 Å². The maximum atomic E-state index is 10.4. The van der Waals surface area contributed by atoms with Crippen molar-refractivity contribution in [1.82, 2.24) is 9.55 Å². The molecule has 1 aromatic heterocycles. The summed E-state index contributed by atoms with van der Waals surface area (Å²) >= 11 is 0. The Morgan fingerprint density at radius 2 is 2.50 bits per heavy atom. The molecule has 1 rings (SSSR count). The topological polar surface area (TPSA) is 55.1 Å². The van der Waals surface area contributed by atoms with Crippen LogP contribution >= 0.6 is 0 Å². The summed E-state index contributed by atoms with van der Waals surface area (Å²) in [5.74, 6) is -0.975. The number of carboxylic acids is 1. The monoisotopic (exact) mass is 168 g/mol.